The molecule has 1 aromatic carbocycles. The van der Waals surface area contributed by atoms with Crippen LogP contribution in [0.25, 0.3) is 0 Å². The van der Waals surface area contributed by atoms with Crippen molar-refractivity contribution >= 4 is 17.3 Å². The van der Waals surface area contributed by atoms with Gasteiger partial charge in [-0.2, -0.15) is 0 Å². The van der Waals surface area contributed by atoms with Crippen molar-refractivity contribution in [2.45, 2.75) is 13.8 Å². The lowest BCUT2D eigenvalue weighted by Gasteiger charge is -2.06. The van der Waals surface area contributed by atoms with Gasteiger partial charge in [0.05, 0.1) is 4.92 Å². The standard InChI is InChI=1S/C10H12N2O3/c1-7(2)10(13)11-8-3-5-9(6-4-8)12(14)15/h3-7H,1-2H3,(H,11,13). The van der Waals surface area contributed by atoms with E-state index in [2.05, 4.69) is 5.32 Å². The third-order valence-electron chi connectivity index (χ3n) is 1.87. The van der Waals surface area contributed by atoms with E-state index in [9.17, 15) is 14.9 Å². The summed E-state index contributed by atoms with van der Waals surface area (Å²) in [6.45, 7) is 3.56. The molecule has 0 bridgehead atoms. The van der Waals surface area contributed by atoms with Crippen LogP contribution in [0, 0.1) is 16.0 Å². The molecule has 0 aliphatic heterocycles. The zero-order chi connectivity index (χ0) is 11.4. The van der Waals surface area contributed by atoms with Crippen LogP contribution in [0.2, 0.25) is 0 Å². The minimum atomic E-state index is -0.478. The maximum absolute atomic E-state index is 11.3. The molecule has 0 aliphatic carbocycles. The average Bonchev–Trinajstić information content (AvgIpc) is 2.18. The Morgan fingerprint density at radius 2 is 1.87 bits per heavy atom. The molecule has 1 amide bonds. The predicted molar refractivity (Wildman–Crippen MR) is 56.6 cm³/mol. The molecule has 0 aromatic heterocycles. The Morgan fingerprint density at radius 3 is 2.27 bits per heavy atom. The van der Waals surface area contributed by atoms with Crippen molar-refractivity contribution in [3.63, 3.8) is 0 Å². The van der Waals surface area contributed by atoms with E-state index in [4.69, 9.17) is 0 Å². The van der Waals surface area contributed by atoms with E-state index < -0.39 is 4.92 Å². The van der Waals surface area contributed by atoms with Gasteiger partial charge in [-0.15, -0.1) is 0 Å². The molecule has 0 saturated carbocycles. The van der Waals surface area contributed by atoms with Gasteiger partial charge in [0.15, 0.2) is 0 Å². The summed E-state index contributed by atoms with van der Waals surface area (Å²) in [7, 11) is 0. The summed E-state index contributed by atoms with van der Waals surface area (Å²) in [4.78, 5) is 21.2. The first kappa shape index (κ1) is 11.2. The van der Waals surface area contributed by atoms with Crippen LogP contribution in [-0.2, 0) is 4.79 Å². The second-order valence-electron chi connectivity index (χ2n) is 3.45. The number of hydrogen-bond acceptors (Lipinski definition) is 3. The first-order valence-electron chi connectivity index (χ1n) is 4.56. The number of rotatable bonds is 3. The molecule has 1 rings (SSSR count). The summed E-state index contributed by atoms with van der Waals surface area (Å²) in [5.41, 5.74) is 0.580. The summed E-state index contributed by atoms with van der Waals surface area (Å²) >= 11 is 0. The van der Waals surface area contributed by atoms with Gasteiger partial charge in [0.2, 0.25) is 5.91 Å². The first-order chi connectivity index (χ1) is 7.00. The zero-order valence-corrected chi connectivity index (χ0v) is 8.56. The highest BCUT2D eigenvalue weighted by atomic mass is 16.6. The molecule has 0 fully saturated rings. The van der Waals surface area contributed by atoms with Crippen molar-refractivity contribution in [2.24, 2.45) is 5.92 Å². The van der Waals surface area contributed by atoms with Gasteiger partial charge in [0.1, 0.15) is 0 Å². The third-order valence-corrected chi connectivity index (χ3v) is 1.87. The van der Waals surface area contributed by atoms with Gasteiger partial charge in [-0.1, -0.05) is 13.8 Å². The summed E-state index contributed by atoms with van der Waals surface area (Å²) in [5.74, 6) is -0.218. The van der Waals surface area contributed by atoms with Gasteiger partial charge < -0.3 is 5.32 Å². The van der Waals surface area contributed by atoms with Crippen LogP contribution in [0.3, 0.4) is 0 Å². The molecule has 80 valence electrons. The van der Waals surface area contributed by atoms with Gasteiger partial charge in [-0.05, 0) is 12.1 Å². The number of carbonyl (C=O) groups excluding carboxylic acids is 1. The summed E-state index contributed by atoms with van der Waals surface area (Å²) in [6, 6.07) is 5.74. The number of nitro benzene ring substituents is 1. The van der Waals surface area contributed by atoms with Crippen LogP contribution < -0.4 is 5.32 Å². The molecule has 0 unspecified atom stereocenters. The molecular formula is C10H12N2O3. The second kappa shape index (κ2) is 4.54. The Labute approximate surface area is 87.3 Å². The van der Waals surface area contributed by atoms with E-state index in [0.717, 1.165) is 0 Å². The number of benzene rings is 1. The third kappa shape index (κ3) is 3.05. The number of nitrogens with zero attached hydrogens (tertiary/aromatic N) is 1. The number of anilines is 1. The van der Waals surface area contributed by atoms with Crippen molar-refractivity contribution in [1.29, 1.82) is 0 Å². The fraction of sp³-hybridized carbons (Fsp3) is 0.300. The topological polar surface area (TPSA) is 72.2 Å². The Morgan fingerprint density at radius 1 is 1.33 bits per heavy atom. The van der Waals surface area contributed by atoms with E-state index >= 15 is 0 Å². The fourth-order valence-electron chi connectivity index (χ4n) is 0.953. The van der Waals surface area contributed by atoms with Crippen molar-refractivity contribution in [3.05, 3.63) is 34.4 Å². The van der Waals surface area contributed by atoms with Crippen LogP contribution in [0.1, 0.15) is 13.8 Å². The first-order valence-corrected chi connectivity index (χ1v) is 4.56. The molecule has 0 radical (unpaired) electrons. The van der Waals surface area contributed by atoms with E-state index in [0.29, 0.717) is 5.69 Å². The van der Waals surface area contributed by atoms with Gasteiger partial charge in [0, 0.05) is 23.7 Å². The molecule has 1 aromatic rings. The maximum atomic E-state index is 11.3. The minimum absolute atomic E-state index is 0.0116. The lowest BCUT2D eigenvalue weighted by Crippen LogP contribution is -2.17. The highest BCUT2D eigenvalue weighted by molar-refractivity contribution is 5.92. The predicted octanol–water partition coefficient (Wildman–Crippen LogP) is 2.19. The minimum Gasteiger partial charge on any atom is -0.326 e. The van der Waals surface area contributed by atoms with Crippen molar-refractivity contribution in [3.8, 4) is 0 Å². The van der Waals surface area contributed by atoms with Gasteiger partial charge in [0.25, 0.3) is 5.69 Å². The molecule has 5 heteroatoms. The quantitative estimate of drug-likeness (QED) is 0.611. The number of carbonyl (C=O) groups is 1. The number of amides is 1. The Balaban J connectivity index is 2.73. The Bertz CT molecular complexity index is 371. The molecular weight excluding hydrogens is 196 g/mol. The molecule has 0 aliphatic rings. The van der Waals surface area contributed by atoms with Crippen LogP contribution in [0.4, 0.5) is 11.4 Å². The molecule has 0 heterocycles. The van der Waals surface area contributed by atoms with Crippen LogP contribution in [0.15, 0.2) is 24.3 Å². The summed E-state index contributed by atoms with van der Waals surface area (Å²) in [6.07, 6.45) is 0. The SMILES string of the molecule is CC(C)C(=O)Nc1ccc([N+](=O)[O-])cc1. The molecule has 15 heavy (non-hydrogen) atoms. The molecule has 0 saturated heterocycles. The lowest BCUT2D eigenvalue weighted by molar-refractivity contribution is -0.384. The van der Waals surface area contributed by atoms with Gasteiger partial charge in [-0.3, -0.25) is 14.9 Å². The smallest absolute Gasteiger partial charge is 0.269 e. The van der Waals surface area contributed by atoms with Crippen LogP contribution in [0.5, 0.6) is 0 Å². The monoisotopic (exact) mass is 208 g/mol. The van der Waals surface area contributed by atoms with Crippen molar-refractivity contribution in [1.82, 2.24) is 0 Å². The maximum Gasteiger partial charge on any atom is 0.269 e. The highest BCUT2D eigenvalue weighted by Crippen LogP contribution is 2.15. The molecule has 0 atom stereocenters. The normalized spacial score (nSPS) is 10.1. The van der Waals surface area contributed by atoms with E-state index in [1.165, 1.54) is 24.3 Å². The zero-order valence-electron chi connectivity index (χ0n) is 8.56. The van der Waals surface area contributed by atoms with Crippen LogP contribution >= 0.6 is 0 Å². The molecule has 5 nitrogen and oxygen atoms in total. The molecule has 0 spiro atoms. The number of non-ortho nitro benzene ring substituents is 1. The second-order valence-corrected chi connectivity index (χ2v) is 3.45. The number of hydrogen-bond donors (Lipinski definition) is 1. The Hall–Kier alpha value is -1.91. The lowest BCUT2D eigenvalue weighted by atomic mass is 10.2. The van der Waals surface area contributed by atoms with E-state index in [1.54, 1.807) is 13.8 Å². The largest absolute Gasteiger partial charge is 0.326 e. The number of nitrogens with one attached hydrogen (secondary N) is 1. The summed E-state index contributed by atoms with van der Waals surface area (Å²) in [5, 5.41) is 13.0. The average molecular weight is 208 g/mol. The van der Waals surface area contributed by atoms with Gasteiger partial charge in [-0.25, -0.2) is 0 Å². The van der Waals surface area contributed by atoms with Crippen LogP contribution in [-0.4, -0.2) is 10.8 Å². The Kier molecular flexibility index (Phi) is 3.38. The molecule has 1 N–H and O–H groups in total. The fourth-order valence-corrected chi connectivity index (χ4v) is 0.953. The summed E-state index contributed by atoms with van der Waals surface area (Å²) < 4.78 is 0. The van der Waals surface area contributed by atoms with Gasteiger partial charge >= 0.3 is 0 Å². The number of nitro groups is 1. The highest BCUT2D eigenvalue weighted by Gasteiger charge is 2.08. The van der Waals surface area contributed by atoms with Crippen molar-refractivity contribution < 1.29 is 9.72 Å². The van der Waals surface area contributed by atoms with Crippen molar-refractivity contribution in [2.75, 3.05) is 5.32 Å². The van der Waals surface area contributed by atoms with E-state index in [-0.39, 0.29) is 17.5 Å². The van der Waals surface area contributed by atoms with E-state index in [1.807, 2.05) is 0 Å².